The van der Waals surface area contributed by atoms with E-state index in [1.54, 1.807) is 4.52 Å². The van der Waals surface area contributed by atoms with Gasteiger partial charge in [-0.15, -0.1) is 5.10 Å². The highest BCUT2D eigenvalue weighted by atomic mass is 19.4. The summed E-state index contributed by atoms with van der Waals surface area (Å²) in [5.41, 5.74) is 0.199. The summed E-state index contributed by atoms with van der Waals surface area (Å²) in [6, 6.07) is 3.57. The van der Waals surface area contributed by atoms with Crippen LogP contribution in [-0.2, 0) is 12.6 Å². The molecule has 1 N–H and O–H groups in total. The van der Waals surface area contributed by atoms with Gasteiger partial charge < -0.3 is 10.2 Å². The Labute approximate surface area is 141 Å². The van der Waals surface area contributed by atoms with E-state index in [0.29, 0.717) is 34.7 Å². The lowest BCUT2D eigenvalue weighted by Gasteiger charge is -2.28. The van der Waals surface area contributed by atoms with Crippen LogP contribution in [-0.4, -0.2) is 45.8 Å². The predicted octanol–water partition coefficient (Wildman–Crippen LogP) is 2.27. The van der Waals surface area contributed by atoms with Gasteiger partial charge in [-0.2, -0.15) is 17.7 Å². The number of halogens is 3. The Hall–Kier alpha value is -2.42. The van der Waals surface area contributed by atoms with Gasteiger partial charge in [-0.1, -0.05) is 6.92 Å². The van der Waals surface area contributed by atoms with Gasteiger partial charge in [-0.25, -0.2) is 9.97 Å². The molecule has 1 saturated heterocycles. The first kappa shape index (κ1) is 16.1. The lowest BCUT2D eigenvalue weighted by Crippen LogP contribution is -2.44. The Balaban J connectivity index is 1.98. The molecule has 0 aliphatic carbocycles. The van der Waals surface area contributed by atoms with Crippen molar-refractivity contribution >= 4 is 22.5 Å². The van der Waals surface area contributed by atoms with Gasteiger partial charge in [0.2, 0.25) is 5.95 Å². The molecule has 1 fully saturated rings. The van der Waals surface area contributed by atoms with Crippen molar-refractivity contribution in [2.75, 3.05) is 31.1 Å². The number of fused-ring (bicyclic) bond motifs is 3. The van der Waals surface area contributed by atoms with Crippen LogP contribution in [0.25, 0.3) is 16.6 Å². The molecule has 0 atom stereocenters. The molecule has 4 rings (SSSR count). The summed E-state index contributed by atoms with van der Waals surface area (Å²) in [6.45, 7) is 5.08. The second kappa shape index (κ2) is 5.83. The summed E-state index contributed by atoms with van der Waals surface area (Å²) >= 11 is 0. The molecule has 1 aromatic carbocycles. The fourth-order valence-corrected chi connectivity index (χ4v) is 3.03. The number of piperazine rings is 1. The Bertz CT molecular complexity index is 927. The largest absolute Gasteiger partial charge is 0.416 e. The summed E-state index contributed by atoms with van der Waals surface area (Å²) in [4.78, 5) is 11.1. The summed E-state index contributed by atoms with van der Waals surface area (Å²) in [7, 11) is 0. The molecule has 6 nitrogen and oxygen atoms in total. The Morgan fingerprint density at radius 1 is 1.16 bits per heavy atom. The van der Waals surface area contributed by atoms with E-state index in [9.17, 15) is 13.2 Å². The molecule has 0 bridgehead atoms. The Morgan fingerprint density at radius 3 is 2.60 bits per heavy atom. The van der Waals surface area contributed by atoms with E-state index in [-0.39, 0.29) is 0 Å². The van der Waals surface area contributed by atoms with E-state index in [2.05, 4.69) is 25.3 Å². The average molecular weight is 350 g/mol. The van der Waals surface area contributed by atoms with Crippen molar-refractivity contribution in [3.05, 3.63) is 29.6 Å². The van der Waals surface area contributed by atoms with Gasteiger partial charge in [0.15, 0.2) is 11.5 Å². The van der Waals surface area contributed by atoms with Gasteiger partial charge in [-0.3, -0.25) is 0 Å². The number of nitrogens with zero attached hydrogens (tertiary/aromatic N) is 5. The zero-order valence-electron chi connectivity index (χ0n) is 13.6. The molecule has 1 aliphatic heterocycles. The van der Waals surface area contributed by atoms with Crippen molar-refractivity contribution < 1.29 is 13.2 Å². The van der Waals surface area contributed by atoms with Crippen molar-refractivity contribution in [2.24, 2.45) is 0 Å². The van der Waals surface area contributed by atoms with Gasteiger partial charge in [0.05, 0.1) is 11.1 Å². The maximum absolute atomic E-state index is 13.1. The molecule has 3 aromatic rings. The van der Waals surface area contributed by atoms with E-state index in [1.165, 1.54) is 6.07 Å². The maximum atomic E-state index is 13.1. The number of aryl methyl sites for hydroxylation is 1. The highest BCUT2D eigenvalue weighted by Gasteiger charge is 2.31. The quantitative estimate of drug-likeness (QED) is 0.768. The molecule has 1 aliphatic rings. The number of aromatic nitrogens is 4. The maximum Gasteiger partial charge on any atom is 0.416 e. The minimum Gasteiger partial charge on any atom is -0.338 e. The highest BCUT2D eigenvalue weighted by Crippen LogP contribution is 2.33. The van der Waals surface area contributed by atoms with Crippen molar-refractivity contribution in [2.45, 2.75) is 19.5 Å². The number of benzene rings is 1. The van der Waals surface area contributed by atoms with E-state index < -0.39 is 11.7 Å². The van der Waals surface area contributed by atoms with Crippen LogP contribution in [0.2, 0.25) is 0 Å². The zero-order valence-corrected chi connectivity index (χ0v) is 13.6. The second-order valence-electron chi connectivity index (χ2n) is 6.00. The zero-order chi connectivity index (χ0) is 17.6. The first-order valence-electron chi connectivity index (χ1n) is 8.19. The molecule has 0 amide bonds. The fourth-order valence-electron chi connectivity index (χ4n) is 3.03. The van der Waals surface area contributed by atoms with Crippen molar-refractivity contribution in [1.82, 2.24) is 24.9 Å². The molecule has 25 heavy (non-hydrogen) atoms. The third-order valence-electron chi connectivity index (χ3n) is 4.34. The van der Waals surface area contributed by atoms with Gasteiger partial charge >= 0.3 is 6.18 Å². The summed E-state index contributed by atoms with van der Waals surface area (Å²) < 4.78 is 40.8. The number of alkyl halides is 3. The SMILES string of the molecule is CCc1nc2c3cc(C(F)(F)F)ccc3nc(N3CCNCC3)n2n1. The van der Waals surface area contributed by atoms with Crippen LogP contribution in [0.3, 0.4) is 0 Å². The summed E-state index contributed by atoms with van der Waals surface area (Å²) in [5.74, 6) is 1.21. The molecule has 9 heteroatoms. The fraction of sp³-hybridized carbons (Fsp3) is 0.438. The summed E-state index contributed by atoms with van der Waals surface area (Å²) in [6.07, 6.45) is -3.81. The second-order valence-corrected chi connectivity index (χ2v) is 6.00. The monoisotopic (exact) mass is 350 g/mol. The van der Waals surface area contributed by atoms with E-state index in [1.807, 2.05) is 6.92 Å². The minimum atomic E-state index is -4.41. The predicted molar refractivity (Wildman–Crippen MR) is 87.8 cm³/mol. The van der Waals surface area contributed by atoms with Crippen LogP contribution in [0.1, 0.15) is 18.3 Å². The van der Waals surface area contributed by atoms with Crippen molar-refractivity contribution in [3.63, 3.8) is 0 Å². The third-order valence-corrected chi connectivity index (χ3v) is 4.34. The number of nitrogens with one attached hydrogen (secondary N) is 1. The lowest BCUT2D eigenvalue weighted by atomic mass is 10.1. The summed E-state index contributed by atoms with van der Waals surface area (Å²) in [5, 5.41) is 8.08. The van der Waals surface area contributed by atoms with Crippen LogP contribution in [0.15, 0.2) is 18.2 Å². The number of hydrogen-bond donors (Lipinski definition) is 1. The molecule has 0 spiro atoms. The van der Waals surface area contributed by atoms with Gasteiger partial charge in [0, 0.05) is 38.0 Å². The molecule has 0 unspecified atom stereocenters. The topological polar surface area (TPSA) is 58.4 Å². The molecule has 2 aromatic heterocycles. The first-order chi connectivity index (χ1) is 12.0. The van der Waals surface area contributed by atoms with Crippen molar-refractivity contribution in [3.8, 4) is 0 Å². The van der Waals surface area contributed by atoms with Crippen LogP contribution in [0, 0.1) is 0 Å². The third kappa shape index (κ3) is 2.78. The van der Waals surface area contributed by atoms with E-state index >= 15 is 0 Å². The number of anilines is 1. The minimum absolute atomic E-state index is 0.362. The Morgan fingerprint density at radius 2 is 1.92 bits per heavy atom. The van der Waals surface area contributed by atoms with Crippen LogP contribution in [0.5, 0.6) is 0 Å². The first-order valence-corrected chi connectivity index (χ1v) is 8.19. The lowest BCUT2D eigenvalue weighted by molar-refractivity contribution is -0.137. The molecular formula is C16H17F3N6. The van der Waals surface area contributed by atoms with Crippen molar-refractivity contribution in [1.29, 1.82) is 0 Å². The average Bonchev–Trinajstić information content (AvgIpc) is 3.05. The molecule has 0 radical (unpaired) electrons. The van der Waals surface area contributed by atoms with Gasteiger partial charge in [-0.05, 0) is 18.2 Å². The molecule has 0 saturated carbocycles. The van der Waals surface area contributed by atoms with Gasteiger partial charge in [0.1, 0.15) is 0 Å². The Kier molecular flexibility index (Phi) is 3.75. The molecular weight excluding hydrogens is 333 g/mol. The normalized spacial score (nSPS) is 16.1. The van der Waals surface area contributed by atoms with Crippen LogP contribution in [0.4, 0.5) is 19.1 Å². The van der Waals surface area contributed by atoms with Gasteiger partial charge in [0.25, 0.3) is 0 Å². The molecule has 132 valence electrons. The van der Waals surface area contributed by atoms with Crippen LogP contribution < -0.4 is 10.2 Å². The number of rotatable bonds is 2. The van der Waals surface area contributed by atoms with E-state index in [0.717, 1.165) is 38.3 Å². The highest BCUT2D eigenvalue weighted by molar-refractivity contribution is 5.93. The number of hydrogen-bond acceptors (Lipinski definition) is 5. The van der Waals surface area contributed by atoms with Crippen LogP contribution >= 0.6 is 0 Å². The van der Waals surface area contributed by atoms with E-state index in [4.69, 9.17) is 0 Å². The standard InChI is InChI=1S/C16H17F3N6/c1-2-13-22-14-11-9-10(16(17,18)19)3-4-12(11)21-15(25(14)23-13)24-7-5-20-6-8-24/h3-4,9,20H,2,5-8H2,1H3. The molecule has 3 heterocycles. The smallest absolute Gasteiger partial charge is 0.338 e.